The van der Waals surface area contributed by atoms with E-state index < -0.39 is 0 Å². The van der Waals surface area contributed by atoms with Gasteiger partial charge in [-0.3, -0.25) is 0 Å². The minimum absolute atomic E-state index is 0.301. The van der Waals surface area contributed by atoms with Crippen LogP contribution in [0.2, 0.25) is 0 Å². The molecule has 0 atom stereocenters. The van der Waals surface area contributed by atoms with Crippen LogP contribution in [0, 0.1) is 6.92 Å². The Balaban J connectivity index is 1.78. The fourth-order valence-electron chi connectivity index (χ4n) is 2.69. The fraction of sp³-hybridized carbons (Fsp3) is 0.409. The fourth-order valence-corrected chi connectivity index (χ4v) is 2.69. The topological polar surface area (TPSA) is 26.3 Å². The molecule has 24 heavy (non-hydrogen) atoms. The lowest BCUT2D eigenvalue weighted by Crippen LogP contribution is -2.08. The molecule has 2 aromatic rings. The SMILES string of the molecule is CCCCCCCCc1ccc(C(=O)Oc2ccc(C)cc2)cc1. The van der Waals surface area contributed by atoms with E-state index in [0.29, 0.717) is 11.3 Å². The molecule has 2 nitrogen and oxygen atoms in total. The quantitative estimate of drug-likeness (QED) is 0.316. The van der Waals surface area contributed by atoms with Crippen LogP contribution in [0.25, 0.3) is 0 Å². The predicted molar refractivity (Wildman–Crippen MR) is 99.7 cm³/mol. The van der Waals surface area contributed by atoms with Crippen molar-refractivity contribution in [2.75, 3.05) is 0 Å². The number of benzene rings is 2. The molecule has 0 aliphatic carbocycles. The van der Waals surface area contributed by atoms with Crippen molar-refractivity contribution < 1.29 is 9.53 Å². The van der Waals surface area contributed by atoms with Gasteiger partial charge >= 0.3 is 5.97 Å². The molecule has 0 spiro atoms. The number of ether oxygens (including phenoxy) is 1. The number of rotatable bonds is 9. The van der Waals surface area contributed by atoms with Crippen LogP contribution in [0.1, 0.15) is 66.9 Å². The summed E-state index contributed by atoms with van der Waals surface area (Å²) in [5.74, 6) is 0.284. The summed E-state index contributed by atoms with van der Waals surface area (Å²) in [6.45, 7) is 4.25. The summed E-state index contributed by atoms with van der Waals surface area (Å²) in [6, 6.07) is 15.3. The molecule has 0 heterocycles. The first kappa shape index (κ1) is 18.3. The van der Waals surface area contributed by atoms with E-state index >= 15 is 0 Å². The van der Waals surface area contributed by atoms with Crippen molar-refractivity contribution in [3.63, 3.8) is 0 Å². The molecule has 0 saturated heterocycles. The minimum atomic E-state index is -0.301. The van der Waals surface area contributed by atoms with Crippen LogP contribution >= 0.6 is 0 Å². The molecule has 0 fully saturated rings. The average molecular weight is 324 g/mol. The van der Waals surface area contributed by atoms with E-state index in [-0.39, 0.29) is 5.97 Å². The Hall–Kier alpha value is -2.09. The van der Waals surface area contributed by atoms with Crippen molar-refractivity contribution in [3.05, 3.63) is 65.2 Å². The molecule has 0 saturated carbocycles. The highest BCUT2D eigenvalue weighted by molar-refractivity contribution is 5.91. The van der Waals surface area contributed by atoms with Crippen molar-refractivity contribution in [2.24, 2.45) is 0 Å². The van der Waals surface area contributed by atoms with Gasteiger partial charge in [0.15, 0.2) is 0 Å². The number of aryl methyl sites for hydroxylation is 2. The summed E-state index contributed by atoms with van der Waals surface area (Å²) in [5, 5.41) is 0. The highest BCUT2D eigenvalue weighted by Crippen LogP contribution is 2.15. The maximum Gasteiger partial charge on any atom is 0.343 e. The van der Waals surface area contributed by atoms with Crippen LogP contribution in [-0.4, -0.2) is 5.97 Å². The number of hydrogen-bond acceptors (Lipinski definition) is 2. The first-order valence-electron chi connectivity index (χ1n) is 9.07. The Morgan fingerprint density at radius 3 is 2.12 bits per heavy atom. The Morgan fingerprint density at radius 2 is 1.46 bits per heavy atom. The molecule has 2 heteroatoms. The van der Waals surface area contributed by atoms with Crippen LogP contribution in [-0.2, 0) is 6.42 Å². The molecule has 0 aliphatic heterocycles. The van der Waals surface area contributed by atoms with Gasteiger partial charge in [0.05, 0.1) is 5.56 Å². The normalized spacial score (nSPS) is 10.6. The highest BCUT2D eigenvalue weighted by Gasteiger charge is 2.08. The van der Waals surface area contributed by atoms with Gasteiger partial charge in [0.25, 0.3) is 0 Å². The zero-order valence-corrected chi connectivity index (χ0v) is 14.9. The minimum Gasteiger partial charge on any atom is -0.423 e. The summed E-state index contributed by atoms with van der Waals surface area (Å²) < 4.78 is 5.39. The molecule has 0 N–H and O–H groups in total. The summed E-state index contributed by atoms with van der Waals surface area (Å²) in [7, 11) is 0. The van der Waals surface area contributed by atoms with E-state index in [4.69, 9.17) is 4.74 Å². The van der Waals surface area contributed by atoms with Crippen molar-refractivity contribution >= 4 is 5.97 Å². The lowest BCUT2D eigenvalue weighted by atomic mass is 10.0. The van der Waals surface area contributed by atoms with Crippen molar-refractivity contribution in [1.82, 2.24) is 0 Å². The van der Waals surface area contributed by atoms with Gasteiger partial charge in [0.1, 0.15) is 5.75 Å². The molecule has 0 aromatic heterocycles. The molecule has 2 aromatic carbocycles. The zero-order chi connectivity index (χ0) is 17.2. The van der Waals surface area contributed by atoms with E-state index in [2.05, 4.69) is 6.92 Å². The molecule has 0 unspecified atom stereocenters. The molecule has 0 bridgehead atoms. The lowest BCUT2D eigenvalue weighted by Gasteiger charge is -2.06. The molecule has 0 aliphatic rings. The van der Waals surface area contributed by atoms with E-state index in [1.54, 1.807) is 0 Å². The summed E-state index contributed by atoms with van der Waals surface area (Å²) in [5.41, 5.74) is 3.04. The van der Waals surface area contributed by atoms with Crippen LogP contribution < -0.4 is 4.74 Å². The molecular weight excluding hydrogens is 296 g/mol. The Morgan fingerprint density at radius 1 is 0.833 bits per heavy atom. The first-order valence-corrected chi connectivity index (χ1v) is 9.07. The lowest BCUT2D eigenvalue weighted by molar-refractivity contribution is 0.0734. The standard InChI is InChI=1S/C22H28O2/c1-3-4-5-6-7-8-9-19-12-14-20(15-13-19)22(23)24-21-16-10-18(2)11-17-21/h10-17H,3-9H2,1-2H3. The number of unbranched alkanes of at least 4 members (excludes halogenated alkanes) is 5. The summed E-state index contributed by atoms with van der Waals surface area (Å²) >= 11 is 0. The molecular formula is C22H28O2. The van der Waals surface area contributed by atoms with Crippen LogP contribution in [0.4, 0.5) is 0 Å². The maximum absolute atomic E-state index is 12.1. The Labute approximate surface area is 145 Å². The third-order valence-corrected chi connectivity index (χ3v) is 4.24. The van der Waals surface area contributed by atoms with Crippen LogP contribution in [0.15, 0.2) is 48.5 Å². The van der Waals surface area contributed by atoms with Crippen molar-refractivity contribution in [3.8, 4) is 5.75 Å². The summed E-state index contributed by atoms with van der Waals surface area (Å²) in [6.07, 6.45) is 8.90. The second kappa shape index (κ2) is 9.92. The van der Waals surface area contributed by atoms with Crippen LogP contribution in [0.5, 0.6) is 5.75 Å². The van der Waals surface area contributed by atoms with Crippen molar-refractivity contribution in [2.45, 2.75) is 58.8 Å². The molecule has 128 valence electrons. The van der Waals surface area contributed by atoms with Gasteiger partial charge in [-0.2, -0.15) is 0 Å². The van der Waals surface area contributed by atoms with Gasteiger partial charge in [-0.15, -0.1) is 0 Å². The van der Waals surface area contributed by atoms with E-state index in [1.165, 1.54) is 44.1 Å². The van der Waals surface area contributed by atoms with Gasteiger partial charge < -0.3 is 4.74 Å². The monoisotopic (exact) mass is 324 g/mol. The van der Waals surface area contributed by atoms with Gasteiger partial charge in [-0.25, -0.2) is 4.79 Å². The van der Waals surface area contributed by atoms with Crippen LogP contribution in [0.3, 0.4) is 0 Å². The van der Waals surface area contributed by atoms with E-state index in [1.807, 2.05) is 55.5 Å². The number of esters is 1. The Kier molecular flexibility index (Phi) is 7.54. The van der Waals surface area contributed by atoms with Gasteiger partial charge in [-0.05, 0) is 49.6 Å². The number of carbonyl (C=O) groups excluding carboxylic acids is 1. The van der Waals surface area contributed by atoms with Gasteiger partial charge in [0.2, 0.25) is 0 Å². The largest absolute Gasteiger partial charge is 0.423 e. The van der Waals surface area contributed by atoms with Gasteiger partial charge in [0, 0.05) is 0 Å². The third kappa shape index (κ3) is 6.19. The molecule has 0 radical (unpaired) electrons. The van der Waals surface area contributed by atoms with Crippen molar-refractivity contribution in [1.29, 1.82) is 0 Å². The molecule has 0 amide bonds. The van der Waals surface area contributed by atoms with E-state index in [9.17, 15) is 4.79 Å². The number of hydrogen-bond donors (Lipinski definition) is 0. The highest BCUT2D eigenvalue weighted by atomic mass is 16.5. The van der Waals surface area contributed by atoms with Gasteiger partial charge in [-0.1, -0.05) is 68.9 Å². The average Bonchev–Trinajstić information content (AvgIpc) is 2.60. The second-order valence-electron chi connectivity index (χ2n) is 6.42. The third-order valence-electron chi connectivity index (χ3n) is 4.24. The zero-order valence-electron chi connectivity index (χ0n) is 14.9. The number of carbonyl (C=O) groups is 1. The maximum atomic E-state index is 12.1. The Bertz CT molecular complexity index is 611. The molecule has 2 rings (SSSR count). The van der Waals surface area contributed by atoms with E-state index in [0.717, 1.165) is 12.0 Å². The predicted octanol–water partition coefficient (Wildman–Crippen LogP) is 6.12. The second-order valence-corrected chi connectivity index (χ2v) is 6.42. The summed E-state index contributed by atoms with van der Waals surface area (Å²) in [4.78, 5) is 12.1. The first-order chi connectivity index (χ1) is 11.7. The smallest absolute Gasteiger partial charge is 0.343 e.